The summed E-state index contributed by atoms with van der Waals surface area (Å²) in [6.45, 7) is 4.45. The van der Waals surface area contributed by atoms with Crippen molar-refractivity contribution in [2.75, 3.05) is 6.54 Å². The van der Waals surface area contributed by atoms with Crippen LogP contribution in [0.4, 0.5) is 8.78 Å². The van der Waals surface area contributed by atoms with Gasteiger partial charge in [0.05, 0.1) is 0 Å². The molecular weight excluding hydrogens is 256 g/mol. The molecule has 6 heteroatoms. The van der Waals surface area contributed by atoms with Crippen LogP contribution in [0.15, 0.2) is 12.1 Å². The Bertz CT molecular complexity index is 429. The Morgan fingerprint density at radius 3 is 2.37 bits per heavy atom. The zero-order valence-corrected chi connectivity index (χ0v) is 10.9. The van der Waals surface area contributed by atoms with Crippen molar-refractivity contribution in [2.24, 2.45) is 0 Å². The molecule has 0 amide bonds. The number of carboxylic acid groups (broad SMARTS) is 1. The maximum Gasteiger partial charge on any atom is 0.344 e. The molecular formula is C13H17F2NO3. The molecule has 2 N–H and O–H groups in total. The van der Waals surface area contributed by atoms with Crippen LogP contribution in [0.5, 0.6) is 5.75 Å². The molecule has 4 nitrogen and oxygen atoms in total. The number of halogens is 2. The third kappa shape index (κ3) is 4.17. The van der Waals surface area contributed by atoms with Gasteiger partial charge >= 0.3 is 5.97 Å². The van der Waals surface area contributed by atoms with Crippen molar-refractivity contribution in [3.8, 4) is 5.75 Å². The van der Waals surface area contributed by atoms with E-state index in [4.69, 9.17) is 9.84 Å². The molecule has 0 aliphatic heterocycles. The zero-order valence-electron chi connectivity index (χ0n) is 10.9. The molecule has 106 valence electrons. The Labute approximate surface area is 110 Å². The average Bonchev–Trinajstić information content (AvgIpc) is 2.35. The fourth-order valence-corrected chi connectivity index (χ4v) is 1.55. The van der Waals surface area contributed by atoms with Crippen LogP contribution in [0.2, 0.25) is 0 Å². The molecule has 0 heterocycles. The first-order valence-corrected chi connectivity index (χ1v) is 6.07. The molecule has 1 aromatic rings. The number of aliphatic carboxylic acids is 1. The topological polar surface area (TPSA) is 58.6 Å². The van der Waals surface area contributed by atoms with Crippen molar-refractivity contribution in [1.82, 2.24) is 5.32 Å². The van der Waals surface area contributed by atoms with Crippen molar-refractivity contribution < 1.29 is 23.4 Å². The highest BCUT2D eigenvalue weighted by atomic mass is 19.1. The van der Waals surface area contributed by atoms with E-state index in [9.17, 15) is 13.6 Å². The lowest BCUT2D eigenvalue weighted by molar-refractivity contribution is -0.145. The summed E-state index contributed by atoms with van der Waals surface area (Å²) in [5.41, 5.74) is 0.438. The molecule has 0 spiro atoms. The largest absolute Gasteiger partial charge is 0.479 e. The quantitative estimate of drug-likeness (QED) is 0.800. The van der Waals surface area contributed by atoms with Crippen molar-refractivity contribution in [1.29, 1.82) is 0 Å². The summed E-state index contributed by atoms with van der Waals surface area (Å²) in [6.07, 6.45) is -1.14. The molecule has 1 atom stereocenters. The predicted octanol–water partition coefficient (Wildman–Crippen LogP) is 2.32. The lowest BCUT2D eigenvalue weighted by atomic mass is 10.2. The summed E-state index contributed by atoms with van der Waals surface area (Å²) in [6, 6.07) is 2.27. The number of nitrogens with one attached hydrogen (secondary N) is 1. The highest BCUT2D eigenvalue weighted by Gasteiger charge is 2.21. The number of carboxylic acids is 1. The Balaban J connectivity index is 2.93. The van der Waals surface area contributed by atoms with E-state index in [1.807, 2.05) is 6.92 Å². The van der Waals surface area contributed by atoms with Gasteiger partial charge in [0, 0.05) is 6.54 Å². The Morgan fingerprint density at radius 1 is 1.37 bits per heavy atom. The van der Waals surface area contributed by atoms with E-state index in [1.165, 1.54) is 0 Å². The first kappa shape index (κ1) is 15.4. The van der Waals surface area contributed by atoms with Crippen LogP contribution in [-0.4, -0.2) is 23.7 Å². The standard InChI is InChI=1S/C13H17F2NO3/c1-3-11(13(17)18)19-12-9(14)5-8(6-10(12)15)7-16-4-2/h5-6,11,16H,3-4,7H2,1-2H3,(H,17,18). The lowest BCUT2D eigenvalue weighted by Crippen LogP contribution is -2.27. The average molecular weight is 273 g/mol. The first-order valence-electron chi connectivity index (χ1n) is 6.07. The van der Waals surface area contributed by atoms with E-state index in [0.717, 1.165) is 12.1 Å². The fourth-order valence-electron chi connectivity index (χ4n) is 1.55. The second-order valence-corrected chi connectivity index (χ2v) is 4.02. The number of ether oxygens (including phenoxy) is 1. The lowest BCUT2D eigenvalue weighted by Gasteiger charge is -2.15. The van der Waals surface area contributed by atoms with Crippen molar-refractivity contribution >= 4 is 5.97 Å². The van der Waals surface area contributed by atoms with Gasteiger partial charge in [0.25, 0.3) is 0 Å². The molecule has 0 bridgehead atoms. The number of hydrogen-bond acceptors (Lipinski definition) is 3. The van der Waals surface area contributed by atoms with Crippen molar-refractivity contribution in [3.05, 3.63) is 29.3 Å². The third-order valence-electron chi connectivity index (χ3n) is 2.54. The first-order chi connectivity index (χ1) is 8.99. The summed E-state index contributed by atoms with van der Waals surface area (Å²) in [7, 11) is 0. The Morgan fingerprint density at radius 2 is 1.95 bits per heavy atom. The normalized spacial score (nSPS) is 12.2. The highest BCUT2D eigenvalue weighted by Crippen LogP contribution is 2.25. The molecule has 0 aliphatic rings. The smallest absolute Gasteiger partial charge is 0.344 e. The van der Waals surface area contributed by atoms with E-state index < -0.39 is 29.5 Å². The molecule has 0 aliphatic carbocycles. The van der Waals surface area contributed by atoms with E-state index in [0.29, 0.717) is 18.7 Å². The van der Waals surface area contributed by atoms with Gasteiger partial charge in [0.2, 0.25) is 0 Å². The Kier molecular flexibility index (Phi) is 5.69. The number of hydrogen-bond donors (Lipinski definition) is 2. The van der Waals surface area contributed by atoms with Gasteiger partial charge in [-0.05, 0) is 30.7 Å². The van der Waals surface area contributed by atoms with Crippen LogP contribution in [0.3, 0.4) is 0 Å². The summed E-state index contributed by atoms with van der Waals surface area (Å²) < 4.78 is 32.3. The van der Waals surface area contributed by atoms with Crippen LogP contribution < -0.4 is 10.1 Å². The van der Waals surface area contributed by atoms with Crippen LogP contribution in [0.1, 0.15) is 25.8 Å². The summed E-state index contributed by atoms with van der Waals surface area (Å²) in [5.74, 6) is -3.69. The summed E-state index contributed by atoms with van der Waals surface area (Å²) >= 11 is 0. The van der Waals surface area contributed by atoms with E-state index >= 15 is 0 Å². The number of benzene rings is 1. The second kappa shape index (κ2) is 7.04. The molecule has 1 aromatic carbocycles. The van der Waals surface area contributed by atoms with Gasteiger partial charge in [-0.3, -0.25) is 0 Å². The van der Waals surface area contributed by atoms with Crippen LogP contribution in [-0.2, 0) is 11.3 Å². The second-order valence-electron chi connectivity index (χ2n) is 4.02. The van der Waals surface area contributed by atoms with Gasteiger partial charge in [0.1, 0.15) is 0 Å². The van der Waals surface area contributed by atoms with E-state index in [-0.39, 0.29) is 6.42 Å². The molecule has 0 fully saturated rings. The number of rotatable bonds is 7. The molecule has 0 saturated carbocycles. The van der Waals surface area contributed by atoms with Crippen LogP contribution >= 0.6 is 0 Å². The maximum atomic E-state index is 13.7. The van der Waals surface area contributed by atoms with Gasteiger partial charge in [-0.25, -0.2) is 13.6 Å². The van der Waals surface area contributed by atoms with E-state index in [1.54, 1.807) is 6.92 Å². The molecule has 0 saturated heterocycles. The molecule has 19 heavy (non-hydrogen) atoms. The van der Waals surface area contributed by atoms with Crippen LogP contribution in [0, 0.1) is 11.6 Å². The van der Waals surface area contributed by atoms with Crippen molar-refractivity contribution in [2.45, 2.75) is 32.9 Å². The van der Waals surface area contributed by atoms with Gasteiger partial charge in [-0.2, -0.15) is 0 Å². The monoisotopic (exact) mass is 273 g/mol. The minimum absolute atomic E-state index is 0.118. The van der Waals surface area contributed by atoms with Gasteiger partial charge in [0.15, 0.2) is 23.5 Å². The molecule has 0 radical (unpaired) electrons. The summed E-state index contributed by atoms with van der Waals surface area (Å²) in [4.78, 5) is 10.8. The van der Waals surface area contributed by atoms with Crippen molar-refractivity contribution in [3.63, 3.8) is 0 Å². The van der Waals surface area contributed by atoms with E-state index in [2.05, 4.69) is 5.32 Å². The summed E-state index contributed by atoms with van der Waals surface area (Å²) in [5, 5.41) is 11.7. The number of carbonyl (C=O) groups is 1. The van der Waals surface area contributed by atoms with Gasteiger partial charge in [-0.15, -0.1) is 0 Å². The minimum Gasteiger partial charge on any atom is -0.479 e. The molecule has 1 rings (SSSR count). The highest BCUT2D eigenvalue weighted by molar-refractivity contribution is 5.72. The van der Waals surface area contributed by atoms with Gasteiger partial charge in [-0.1, -0.05) is 13.8 Å². The fraction of sp³-hybridized carbons (Fsp3) is 0.462. The molecule has 0 aromatic heterocycles. The van der Waals surface area contributed by atoms with Gasteiger partial charge < -0.3 is 15.2 Å². The van der Waals surface area contributed by atoms with Crippen LogP contribution in [0.25, 0.3) is 0 Å². The minimum atomic E-state index is -1.26. The SMILES string of the molecule is CCNCc1cc(F)c(OC(CC)C(=O)O)c(F)c1. The zero-order chi connectivity index (χ0) is 14.4. The third-order valence-corrected chi connectivity index (χ3v) is 2.54. The predicted molar refractivity (Wildman–Crippen MR) is 66.1 cm³/mol. The molecule has 1 unspecified atom stereocenters. The Hall–Kier alpha value is -1.69. The maximum absolute atomic E-state index is 13.7.